The van der Waals surface area contributed by atoms with E-state index in [2.05, 4.69) is 10.6 Å². The van der Waals surface area contributed by atoms with Crippen LogP contribution < -0.4 is 10.6 Å². The highest BCUT2D eigenvalue weighted by Gasteiger charge is 2.38. The highest BCUT2D eigenvalue weighted by atomic mass is 32.2. The maximum absolute atomic E-state index is 13.6. The van der Waals surface area contributed by atoms with Crippen molar-refractivity contribution in [2.24, 2.45) is 0 Å². The Balaban J connectivity index is 1.49. The second-order valence-corrected chi connectivity index (χ2v) is 10.6. The Morgan fingerprint density at radius 1 is 0.947 bits per heavy atom. The van der Waals surface area contributed by atoms with Crippen LogP contribution >= 0.6 is 0 Å². The fraction of sp³-hybridized carbons (Fsp3) is 0.222. The fourth-order valence-electron chi connectivity index (χ4n) is 4.27. The highest BCUT2D eigenvalue weighted by Crippen LogP contribution is 2.36. The van der Waals surface area contributed by atoms with Crippen LogP contribution in [-0.4, -0.2) is 43.7 Å². The van der Waals surface area contributed by atoms with Gasteiger partial charge >= 0.3 is 5.97 Å². The third-order valence-electron chi connectivity index (χ3n) is 6.00. The number of anilines is 2. The maximum Gasteiger partial charge on any atom is 0.308 e. The van der Waals surface area contributed by atoms with E-state index in [1.54, 1.807) is 12.1 Å². The van der Waals surface area contributed by atoms with Crippen LogP contribution in [0.4, 0.5) is 15.8 Å². The quantitative estimate of drug-likeness (QED) is 0.422. The van der Waals surface area contributed by atoms with Crippen molar-refractivity contribution >= 4 is 39.2 Å². The van der Waals surface area contributed by atoms with E-state index in [1.807, 2.05) is 12.1 Å². The van der Waals surface area contributed by atoms with Gasteiger partial charge in [0.25, 0.3) is 5.91 Å². The van der Waals surface area contributed by atoms with E-state index >= 15 is 0 Å². The van der Waals surface area contributed by atoms with Gasteiger partial charge in [-0.05, 0) is 66.1 Å². The molecule has 2 amide bonds. The molecule has 3 aromatic carbocycles. The van der Waals surface area contributed by atoms with Crippen LogP contribution in [0.5, 0.6) is 0 Å². The summed E-state index contributed by atoms with van der Waals surface area (Å²) in [6.07, 6.45) is 0.162. The Bertz CT molecular complexity index is 1440. The largest absolute Gasteiger partial charge is 0.456 e. The molecule has 0 aromatic heterocycles. The molecule has 0 bridgehead atoms. The molecular formula is C27H26FN3O6S. The molecular weight excluding hydrogens is 513 g/mol. The van der Waals surface area contributed by atoms with Gasteiger partial charge in [0.05, 0.1) is 17.4 Å². The first-order chi connectivity index (χ1) is 18.1. The van der Waals surface area contributed by atoms with E-state index < -0.39 is 40.4 Å². The molecule has 1 atom stereocenters. The first-order valence-electron chi connectivity index (χ1n) is 11.8. The summed E-state index contributed by atoms with van der Waals surface area (Å²) in [5.41, 5.74) is 2.41. The number of fused-ring (bicyclic) bond motifs is 1. The number of sulfonamides is 1. The maximum atomic E-state index is 13.6. The molecule has 0 aliphatic carbocycles. The van der Waals surface area contributed by atoms with Crippen LogP contribution in [0.15, 0.2) is 77.7 Å². The molecule has 1 heterocycles. The smallest absolute Gasteiger partial charge is 0.308 e. The molecule has 4 rings (SSSR count). The topological polar surface area (TPSA) is 122 Å². The van der Waals surface area contributed by atoms with E-state index in [1.165, 1.54) is 59.8 Å². The van der Waals surface area contributed by atoms with Gasteiger partial charge in [0, 0.05) is 24.8 Å². The molecule has 0 saturated carbocycles. The molecule has 1 aliphatic heterocycles. The average molecular weight is 540 g/mol. The summed E-state index contributed by atoms with van der Waals surface area (Å²) in [6.45, 7) is 0.920. The Morgan fingerprint density at radius 3 is 2.26 bits per heavy atom. The zero-order valence-electron chi connectivity index (χ0n) is 20.5. The van der Waals surface area contributed by atoms with Gasteiger partial charge in [0.2, 0.25) is 15.9 Å². The molecule has 0 fully saturated rings. The second-order valence-electron chi connectivity index (χ2n) is 8.71. The lowest BCUT2D eigenvalue weighted by atomic mass is 9.92. The summed E-state index contributed by atoms with van der Waals surface area (Å²) in [6, 6.07) is 17.3. The number of rotatable bonds is 8. The zero-order chi connectivity index (χ0) is 27.3. The second kappa shape index (κ2) is 11.5. The van der Waals surface area contributed by atoms with E-state index in [0.717, 1.165) is 5.56 Å². The van der Waals surface area contributed by atoms with Gasteiger partial charge in [0.1, 0.15) is 5.82 Å². The minimum Gasteiger partial charge on any atom is -0.456 e. The molecule has 0 radical (unpaired) electrons. The predicted octanol–water partition coefficient (Wildman–Crippen LogP) is 3.64. The summed E-state index contributed by atoms with van der Waals surface area (Å²) in [7, 11) is -4.02. The van der Waals surface area contributed by atoms with E-state index in [-0.39, 0.29) is 23.8 Å². The van der Waals surface area contributed by atoms with Gasteiger partial charge in [-0.25, -0.2) is 12.8 Å². The highest BCUT2D eigenvalue weighted by molar-refractivity contribution is 7.89. The summed E-state index contributed by atoms with van der Waals surface area (Å²) < 4.78 is 46.7. The lowest BCUT2D eigenvalue weighted by Gasteiger charge is -2.36. The predicted molar refractivity (Wildman–Crippen MR) is 138 cm³/mol. The first kappa shape index (κ1) is 27.0. The summed E-state index contributed by atoms with van der Waals surface area (Å²) in [5, 5.41) is 5.09. The average Bonchev–Trinajstić information content (AvgIpc) is 2.89. The first-order valence-corrected chi connectivity index (χ1v) is 13.3. The van der Waals surface area contributed by atoms with Crippen molar-refractivity contribution in [3.8, 4) is 0 Å². The van der Waals surface area contributed by atoms with Gasteiger partial charge < -0.3 is 15.4 Å². The molecule has 0 saturated heterocycles. The number of nitrogens with zero attached hydrogens (tertiary/aromatic N) is 1. The van der Waals surface area contributed by atoms with E-state index in [4.69, 9.17) is 4.74 Å². The van der Waals surface area contributed by atoms with Crippen LogP contribution in [0.25, 0.3) is 0 Å². The number of hydrogen-bond donors (Lipinski definition) is 2. The number of ether oxygens (including phenoxy) is 1. The van der Waals surface area contributed by atoms with Gasteiger partial charge in [-0.2, -0.15) is 4.31 Å². The standard InChI is InChI=1S/C27H26FN3O6S/c1-18(32)29-21-10-12-23(13-11-21)38(35,36)31-15-14-19-4-2-3-5-24(19)25(31)16-27(34)37-17-26(33)30-22-8-6-20(28)7-9-22/h2-13,25H,14-17H2,1H3,(H,29,32)(H,30,33). The summed E-state index contributed by atoms with van der Waals surface area (Å²) >= 11 is 0. The van der Waals surface area contributed by atoms with Gasteiger partial charge in [0.15, 0.2) is 6.61 Å². The SMILES string of the molecule is CC(=O)Nc1ccc(S(=O)(=O)N2CCc3ccccc3C2CC(=O)OCC(=O)Nc2ccc(F)cc2)cc1. The number of hydrogen-bond acceptors (Lipinski definition) is 6. The number of nitrogens with one attached hydrogen (secondary N) is 2. The molecule has 2 N–H and O–H groups in total. The molecule has 1 aliphatic rings. The minimum atomic E-state index is -4.02. The van der Waals surface area contributed by atoms with Crippen LogP contribution in [0.3, 0.4) is 0 Å². The third-order valence-corrected chi connectivity index (χ3v) is 7.92. The van der Waals surface area contributed by atoms with Gasteiger partial charge in [-0.15, -0.1) is 0 Å². The fourth-order valence-corrected chi connectivity index (χ4v) is 5.88. The molecule has 198 valence electrons. The van der Waals surface area contributed by atoms with Crippen molar-refractivity contribution in [1.29, 1.82) is 0 Å². The number of amides is 2. The molecule has 9 nitrogen and oxygen atoms in total. The van der Waals surface area contributed by atoms with E-state index in [0.29, 0.717) is 23.4 Å². The molecule has 0 spiro atoms. The van der Waals surface area contributed by atoms with Gasteiger partial charge in [-0.3, -0.25) is 14.4 Å². The molecule has 11 heteroatoms. The monoisotopic (exact) mass is 539 g/mol. The number of esters is 1. The van der Waals surface area contributed by atoms with Crippen LogP contribution in [0.2, 0.25) is 0 Å². The third kappa shape index (κ3) is 6.42. The minimum absolute atomic E-state index is 0.0167. The zero-order valence-corrected chi connectivity index (χ0v) is 21.3. The Labute approximate surface area is 219 Å². The molecule has 3 aromatic rings. The van der Waals surface area contributed by atoms with Crippen molar-refractivity contribution in [3.63, 3.8) is 0 Å². The molecule has 38 heavy (non-hydrogen) atoms. The number of carbonyl (C=O) groups excluding carboxylic acids is 3. The van der Waals surface area contributed by atoms with Crippen molar-refractivity contribution < 1.29 is 31.9 Å². The van der Waals surface area contributed by atoms with Crippen LogP contribution in [0.1, 0.15) is 30.5 Å². The Hall–Kier alpha value is -4.09. The number of halogens is 1. The van der Waals surface area contributed by atoms with E-state index in [9.17, 15) is 27.2 Å². The number of benzene rings is 3. The van der Waals surface area contributed by atoms with Crippen LogP contribution in [-0.2, 0) is 35.6 Å². The lowest BCUT2D eigenvalue weighted by molar-refractivity contribution is -0.148. The summed E-state index contributed by atoms with van der Waals surface area (Å²) in [5.74, 6) is -2.09. The Kier molecular flexibility index (Phi) is 8.18. The lowest BCUT2D eigenvalue weighted by Crippen LogP contribution is -2.41. The van der Waals surface area contributed by atoms with Gasteiger partial charge in [-0.1, -0.05) is 24.3 Å². The Morgan fingerprint density at radius 2 is 1.58 bits per heavy atom. The van der Waals surface area contributed by atoms with Crippen molar-refractivity contribution in [3.05, 3.63) is 89.7 Å². The molecule has 1 unspecified atom stereocenters. The normalized spacial score (nSPS) is 15.3. The van der Waals surface area contributed by atoms with Crippen molar-refractivity contribution in [2.45, 2.75) is 30.7 Å². The van der Waals surface area contributed by atoms with Crippen molar-refractivity contribution in [1.82, 2.24) is 4.31 Å². The summed E-state index contributed by atoms with van der Waals surface area (Å²) in [4.78, 5) is 36.2. The van der Waals surface area contributed by atoms with Crippen molar-refractivity contribution in [2.75, 3.05) is 23.8 Å². The number of carbonyl (C=O) groups is 3. The van der Waals surface area contributed by atoms with Crippen LogP contribution in [0, 0.1) is 5.82 Å².